The van der Waals surface area contributed by atoms with Crippen LogP contribution in [0.25, 0.3) is 11.1 Å². The predicted octanol–water partition coefficient (Wildman–Crippen LogP) is 4.77. The van der Waals surface area contributed by atoms with Gasteiger partial charge in [-0.15, -0.1) is 0 Å². The van der Waals surface area contributed by atoms with Crippen molar-refractivity contribution < 1.29 is 0 Å². The Bertz CT molecular complexity index is 645. The van der Waals surface area contributed by atoms with E-state index in [-0.39, 0.29) is 0 Å². The average molecular weight is 249 g/mol. The molecular formula is C18H19N. The monoisotopic (exact) mass is 249 g/mol. The third-order valence-electron chi connectivity index (χ3n) is 3.64. The highest BCUT2D eigenvalue weighted by Gasteiger charge is 2.24. The summed E-state index contributed by atoms with van der Waals surface area (Å²) in [6.45, 7) is 8.18. The lowest BCUT2D eigenvalue weighted by molar-refractivity contribution is 0.688. The average Bonchev–Trinajstić information content (AvgIpc) is 2.39. The van der Waals surface area contributed by atoms with Gasteiger partial charge < -0.3 is 0 Å². The van der Waals surface area contributed by atoms with Crippen molar-refractivity contribution in [1.29, 1.82) is 5.26 Å². The van der Waals surface area contributed by atoms with E-state index in [4.69, 9.17) is 0 Å². The van der Waals surface area contributed by atoms with Gasteiger partial charge >= 0.3 is 0 Å². The maximum Gasteiger partial charge on any atom is 0.0772 e. The lowest BCUT2D eigenvalue weighted by atomic mass is 9.79. The van der Waals surface area contributed by atoms with E-state index < -0.39 is 5.41 Å². The van der Waals surface area contributed by atoms with Gasteiger partial charge in [-0.25, -0.2) is 0 Å². The summed E-state index contributed by atoms with van der Waals surface area (Å²) < 4.78 is 0. The summed E-state index contributed by atoms with van der Waals surface area (Å²) >= 11 is 0. The Balaban J connectivity index is 2.78. The zero-order valence-corrected chi connectivity index (χ0v) is 12.0. The molecule has 0 bridgehead atoms. The van der Waals surface area contributed by atoms with Crippen molar-refractivity contribution in [2.24, 2.45) is 0 Å². The van der Waals surface area contributed by atoms with E-state index in [1.54, 1.807) is 0 Å². The quantitative estimate of drug-likeness (QED) is 0.752. The number of hydrogen-bond acceptors (Lipinski definition) is 1. The van der Waals surface area contributed by atoms with Gasteiger partial charge in [0, 0.05) is 0 Å². The van der Waals surface area contributed by atoms with Crippen molar-refractivity contribution in [3.8, 4) is 17.2 Å². The number of nitrogens with zero attached hydrogens (tertiary/aromatic N) is 1. The first-order chi connectivity index (χ1) is 8.97. The first-order valence-corrected chi connectivity index (χ1v) is 6.54. The Morgan fingerprint density at radius 3 is 2.16 bits per heavy atom. The van der Waals surface area contributed by atoms with Crippen molar-refractivity contribution in [1.82, 2.24) is 0 Å². The normalized spacial score (nSPS) is 11.1. The van der Waals surface area contributed by atoms with E-state index in [2.05, 4.69) is 50.2 Å². The Labute approximate surface area is 115 Å². The van der Waals surface area contributed by atoms with E-state index in [1.165, 1.54) is 22.3 Å². The Hall–Kier alpha value is -2.07. The summed E-state index contributed by atoms with van der Waals surface area (Å²) in [6.07, 6.45) is 0. The van der Waals surface area contributed by atoms with Crippen molar-refractivity contribution in [2.75, 3.05) is 0 Å². The number of aryl methyl sites for hydroxylation is 2. The van der Waals surface area contributed by atoms with Gasteiger partial charge in [0.15, 0.2) is 0 Å². The highest BCUT2D eigenvalue weighted by Crippen LogP contribution is 2.36. The molecule has 2 aromatic carbocycles. The maximum atomic E-state index is 9.43. The van der Waals surface area contributed by atoms with Crippen molar-refractivity contribution in [2.45, 2.75) is 33.1 Å². The van der Waals surface area contributed by atoms with Crippen LogP contribution in [-0.4, -0.2) is 0 Å². The van der Waals surface area contributed by atoms with Gasteiger partial charge in [-0.1, -0.05) is 42.5 Å². The van der Waals surface area contributed by atoms with Crippen LogP contribution in [-0.2, 0) is 5.41 Å². The minimum Gasteiger partial charge on any atom is -0.197 e. The lowest BCUT2D eigenvalue weighted by Crippen LogP contribution is -2.16. The van der Waals surface area contributed by atoms with Crippen LogP contribution in [0.1, 0.15) is 30.5 Å². The molecule has 0 fully saturated rings. The van der Waals surface area contributed by atoms with E-state index >= 15 is 0 Å². The molecule has 0 aromatic heterocycles. The van der Waals surface area contributed by atoms with Gasteiger partial charge in [0.1, 0.15) is 0 Å². The van der Waals surface area contributed by atoms with Crippen LogP contribution in [0.4, 0.5) is 0 Å². The second kappa shape index (κ2) is 4.90. The van der Waals surface area contributed by atoms with Crippen LogP contribution in [0.3, 0.4) is 0 Å². The number of nitriles is 1. The lowest BCUT2D eigenvalue weighted by Gasteiger charge is -2.23. The molecule has 0 spiro atoms. The van der Waals surface area contributed by atoms with Crippen LogP contribution >= 0.6 is 0 Å². The molecule has 0 unspecified atom stereocenters. The van der Waals surface area contributed by atoms with Crippen molar-refractivity contribution in [3.05, 3.63) is 59.2 Å². The minimum absolute atomic E-state index is 0.483. The zero-order valence-electron chi connectivity index (χ0n) is 12.0. The smallest absolute Gasteiger partial charge is 0.0772 e. The fraction of sp³-hybridized carbons (Fsp3) is 0.278. The van der Waals surface area contributed by atoms with Crippen LogP contribution in [0, 0.1) is 25.2 Å². The van der Waals surface area contributed by atoms with Crippen molar-refractivity contribution in [3.63, 3.8) is 0 Å². The summed E-state index contributed by atoms with van der Waals surface area (Å²) in [5, 5.41) is 9.43. The molecule has 1 nitrogen and oxygen atoms in total. The van der Waals surface area contributed by atoms with E-state index in [0.29, 0.717) is 0 Å². The van der Waals surface area contributed by atoms with Gasteiger partial charge in [-0.05, 0) is 55.5 Å². The summed E-state index contributed by atoms with van der Waals surface area (Å²) in [4.78, 5) is 0. The third-order valence-corrected chi connectivity index (χ3v) is 3.64. The molecule has 2 rings (SSSR count). The minimum atomic E-state index is -0.483. The van der Waals surface area contributed by atoms with Crippen LogP contribution in [0.15, 0.2) is 42.5 Å². The molecule has 0 amide bonds. The highest BCUT2D eigenvalue weighted by molar-refractivity contribution is 5.75. The van der Waals surface area contributed by atoms with Gasteiger partial charge in [0.2, 0.25) is 0 Å². The maximum absolute atomic E-state index is 9.43. The molecule has 19 heavy (non-hydrogen) atoms. The highest BCUT2D eigenvalue weighted by atomic mass is 14.3. The Kier molecular flexibility index (Phi) is 3.44. The van der Waals surface area contributed by atoms with Gasteiger partial charge in [0.25, 0.3) is 0 Å². The Morgan fingerprint density at radius 1 is 0.895 bits per heavy atom. The first kappa shape index (κ1) is 13.4. The summed E-state index contributed by atoms with van der Waals surface area (Å²) in [6, 6.07) is 17.0. The van der Waals surface area contributed by atoms with Gasteiger partial charge in [0.05, 0.1) is 11.5 Å². The van der Waals surface area contributed by atoms with Crippen LogP contribution in [0.2, 0.25) is 0 Å². The molecular weight excluding hydrogens is 230 g/mol. The molecule has 1 heteroatoms. The molecule has 96 valence electrons. The van der Waals surface area contributed by atoms with Gasteiger partial charge in [-0.2, -0.15) is 5.26 Å². The largest absolute Gasteiger partial charge is 0.197 e. The summed E-state index contributed by atoms with van der Waals surface area (Å²) in [7, 11) is 0. The van der Waals surface area contributed by atoms with E-state index in [9.17, 15) is 5.26 Å². The third kappa shape index (κ3) is 2.39. The summed E-state index contributed by atoms with van der Waals surface area (Å²) in [5.74, 6) is 0. The molecule has 0 saturated heterocycles. The predicted molar refractivity (Wildman–Crippen MR) is 80.0 cm³/mol. The molecule has 0 aliphatic rings. The standard InChI is InChI=1S/C18H19N/c1-13-8-5-6-10-15(13)17-14(2)9-7-11-16(17)18(3,4)12-19/h5-11H,1-4H3. The molecule has 0 N–H and O–H groups in total. The topological polar surface area (TPSA) is 23.8 Å². The molecule has 2 aromatic rings. The molecule has 0 aliphatic carbocycles. The fourth-order valence-corrected chi connectivity index (χ4v) is 2.46. The van der Waals surface area contributed by atoms with E-state index in [0.717, 1.165) is 5.56 Å². The second-order valence-corrected chi connectivity index (χ2v) is 5.55. The second-order valence-electron chi connectivity index (χ2n) is 5.55. The van der Waals surface area contributed by atoms with E-state index in [1.807, 2.05) is 26.0 Å². The number of hydrogen-bond donors (Lipinski definition) is 0. The molecule has 0 aliphatic heterocycles. The Morgan fingerprint density at radius 2 is 1.53 bits per heavy atom. The van der Waals surface area contributed by atoms with Crippen LogP contribution in [0.5, 0.6) is 0 Å². The number of benzene rings is 2. The molecule has 0 atom stereocenters. The fourth-order valence-electron chi connectivity index (χ4n) is 2.46. The van der Waals surface area contributed by atoms with Crippen molar-refractivity contribution >= 4 is 0 Å². The number of rotatable bonds is 2. The zero-order chi connectivity index (χ0) is 14.0. The SMILES string of the molecule is Cc1ccccc1-c1c(C)cccc1C(C)(C)C#N. The first-order valence-electron chi connectivity index (χ1n) is 6.54. The molecule has 0 heterocycles. The summed E-state index contributed by atoms with van der Waals surface area (Å²) in [5.41, 5.74) is 5.50. The van der Waals surface area contributed by atoms with Crippen LogP contribution < -0.4 is 0 Å². The van der Waals surface area contributed by atoms with Gasteiger partial charge in [-0.3, -0.25) is 0 Å². The molecule has 0 radical (unpaired) electrons. The molecule has 0 saturated carbocycles.